The van der Waals surface area contributed by atoms with E-state index < -0.39 is 0 Å². The fraction of sp³-hybridized carbons (Fsp3) is 0.417. The quantitative estimate of drug-likeness (QED) is 0.362. The Morgan fingerprint density at radius 3 is 2.56 bits per heavy atom. The number of nitrogens with one attached hydrogen (secondary N) is 1. The smallest absolute Gasteiger partial charge is 0.180 e. The molecule has 32 heavy (non-hydrogen) atoms. The summed E-state index contributed by atoms with van der Waals surface area (Å²) in [7, 11) is 0. The van der Waals surface area contributed by atoms with Crippen LogP contribution in [0.15, 0.2) is 42.6 Å². The van der Waals surface area contributed by atoms with Crippen molar-refractivity contribution >= 4 is 0 Å². The summed E-state index contributed by atoms with van der Waals surface area (Å²) in [5.41, 5.74) is 3.89. The lowest BCUT2D eigenvalue weighted by atomic mass is 10.0. The summed E-state index contributed by atoms with van der Waals surface area (Å²) in [5, 5.41) is 19.1. The predicted octanol–water partition coefficient (Wildman–Crippen LogP) is 4.81. The van der Waals surface area contributed by atoms with E-state index in [1.165, 1.54) is 12.8 Å². The van der Waals surface area contributed by atoms with Crippen molar-refractivity contribution in [2.45, 2.75) is 65.3 Å². The van der Waals surface area contributed by atoms with E-state index in [1.54, 1.807) is 0 Å². The van der Waals surface area contributed by atoms with Gasteiger partial charge in [0.15, 0.2) is 11.6 Å². The maximum absolute atomic E-state index is 4.86. The maximum atomic E-state index is 4.86. The average Bonchev–Trinajstić information content (AvgIpc) is 3.50. The Morgan fingerprint density at radius 1 is 1.03 bits per heavy atom. The molecule has 8 heteroatoms. The van der Waals surface area contributed by atoms with Gasteiger partial charge in [0, 0.05) is 29.7 Å². The number of pyridine rings is 1. The first kappa shape index (κ1) is 21.8. The van der Waals surface area contributed by atoms with Crippen molar-refractivity contribution in [3.8, 4) is 22.6 Å². The van der Waals surface area contributed by atoms with E-state index >= 15 is 0 Å². The Morgan fingerprint density at radius 2 is 1.88 bits per heavy atom. The summed E-state index contributed by atoms with van der Waals surface area (Å²) < 4.78 is 2.06. The van der Waals surface area contributed by atoms with E-state index in [0.29, 0.717) is 18.3 Å². The Labute approximate surface area is 188 Å². The molecule has 3 aromatic heterocycles. The fourth-order valence-electron chi connectivity index (χ4n) is 3.67. The van der Waals surface area contributed by atoms with Crippen LogP contribution in [0.3, 0.4) is 0 Å². The number of hydrogen-bond acceptors (Lipinski definition) is 6. The molecule has 0 bridgehead atoms. The highest BCUT2D eigenvalue weighted by molar-refractivity contribution is 5.78. The number of aromatic nitrogens is 8. The molecular weight excluding hydrogens is 400 g/mol. The monoisotopic (exact) mass is 430 g/mol. The second-order valence-electron chi connectivity index (χ2n) is 8.16. The predicted molar refractivity (Wildman–Crippen MR) is 124 cm³/mol. The van der Waals surface area contributed by atoms with Crippen LogP contribution in [0.2, 0.25) is 0 Å². The molecule has 0 aliphatic carbocycles. The van der Waals surface area contributed by atoms with Crippen molar-refractivity contribution < 1.29 is 0 Å². The maximum Gasteiger partial charge on any atom is 0.180 e. The van der Waals surface area contributed by atoms with E-state index in [-0.39, 0.29) is 0 Å². The highest BCUT2D eigenvalue weighted by atomic mass is 15.5. The number of benzene rings is 1. The summed E-state index contributed by atoms with van der Waals surface area (Å²) in [5.74, 6) is 3.01. The van der Waals surface area contributed by atoms with Gasteiger partial charge in [0.05, 0.1) is 12.2 Å². The number of unbranched alkanes of at least 4 members (excludes halogenated alkanes) is 2. The number of tetrazole rings is 1. The lowest BCUT2D eigenvalue weighted by Gasteiger charge is -2.09. The van der Waals surface area contributed by atoms with Crippen LogP contribution in [0.5, 0.6) is 0 Å². The third kappa shape index (κ3) is 4.90. The number of nitrogens with zero attached hydrogens (tertiary/aromatic N) is 7. The summed E-state index contributed by atoms with van der Waals surface area (Å²) >= 11 is 0. The third-order valence-corrected chi connectivity index (χ3v) is 5.78. The molecule has 0 spiro atoms. The van der Waals surface area contributed by atoms with Crippen LogP contribution < -0.4 is 0 Å². The van der Waals surface area contributed by atoms with Crippen LogP contribution in [0, 0.1) is 0 Å². The number of rotatable bonds is 10. The summed E-state index contributed by atoms with van der Waals surface area (Å²) in [4.78, 5) is 9.60. The van der Waals surface area contributed by atoms with Gasteiger partial charge in [-0.25, -0.2) is 14.8 Å². The van der Waals surface area contributed by atoms with E-state index in [0.717, 1.165) is 53.3 Å². The Kier molecular flexibility index (Phi) is 6.99. The molecule has 0 radical (unpaired) electrons. The highest BCUT2D eigenvalue weighted by Crippen LogP contribution is 2.28. The molecule has 0 amide bonds. The lowest BCUT2D eigenvalue weighted by molar-refractivity contribution is 0.595. The van der Waals surface area contributed by atoms with E-state index in [4.69, 9.17) is 15.1 Å². The van der Waals surface area contributed by atoms with Gasteiger partial charge < -0.3 is 0 Å². The zero-order chi connectivity index (χ0) is 22.3. The second kappa shape index (κ2) is 10.3. The van der Waals surface area contributed by atoms with Crippen LogP contribution in [-0.4, -0.2) is 40.4 Å². The van der Waals surface area contributed by atoms with Crippen LogP contribution in [-0.2, 0) is 13.0 Å². The average molecular weight is 431 g/mol. The van der Waals surface area contributed by atoms with E-state index in [9.17, 15) is 0 Å². The van der Waals surface area contributed by atoms with Crippen molar-refractivity contribution in [2.24, 2.45) is 0 Å². The minimum Gasteiger partial charge on any atom is -0.256 e. The van der Waals surface area contributed by atoms with Crippen LogP contribution in [0.4, 0.5) is 0 Å². The molecule has 1 atom stereocenters. The Balaban J connectivity index is 1.57. The summed E-state index contributed by atoms with van der Waals surface area (Å²) in [6.07, 6.45) is 7.46. The molecule has 3 heterocycles. The Hall–Kier alpha value is -3.42. The van der Waals surface area contributed by atoms with Crippen molar-refractivity contribution in [1.82, 2.24) is 40.4 Å². The van der Waals surface area contributed by atoms with Gasteiger partial charge in [-0.3, -0.25) is 4.98 Å². The molecule has 1 aromatic carbocycles. The van der Waals surface area contributed by atoms with E-state index in [2.05, 4.69) is 52.1 Å². The normalized spacial score (nSPS) is 12.2. The molecular formula is C24H30N8. The van der Waals surface area contributed by atoms with Crippen LogP contribution >= 0.6 is 0 Å². The van der Waals surface area contributed by atoms with Gasteiger partial charge in [0.25, 0.3) is 0 Å². The molecule has 166 valence electrons. The largest absolute Gasteiger partial charge is 0.256 e. The topological polar surface area (TPSA) is 98.1 Å². The zero-order valence-corrected chi connectivity index (χ0v) is 19.0. The first-order valence-corrected chi connectivity index (χ1v) is 11.4. The summed E-state index contributed by atoms with van der Waals surface area (Å²) in [6.45, 7) is 7.26. The minimum absolute atomic E-state index is 0.365. The lowest BCUT2D eigenvalue weighted by Crippen LogP contribution is -2.08. The molecule has 0 saturated heterocycles. The molecule has 0 saturated carbocycles. The SMILES string of the molecule is CCCCCc1nc(C(C)CC)nn1Cc1ccc(-c2ccccc2-c2nnn[nH]2)nc1. The Bertz CT molecular complexity index is 1120. The van der Waals surface area contributed by atoms with Gasteiger partial charge in [-0.2, -0.15) is 5.10 Å². The second-order valence-corrected chi connectivity index (χ2v) is 8.16. The molecule has 1 unspecified atom stereocenters. The molecule has 0 aliphatic rings. The third-order valence-electron chi connectivity index (χ3n) is 5.78. The number of aryl methyl sites for hydroxylation is 1. The number of aromatic amines is 1. The van der Waals surface area contributed by atoms with Gasteiger partial charge in [-0.15, -0.1) is 5.10 Å². The molecule has 8 nitrogen and oxygen atoms in total. The number of H-pyrrole nitrogens is 1. The van der Waals surface area contributed by atoms with Gasteiger partial charge >= 0.3 is 0 Å². The molecule has 4 aromatic rings. The van der Waals surface area contributed by atoms with Crippen molar-refractivity contribution in [2.75, 3.05) is 0 Å². The van der Waals surface area contributed by atoms with E-state index in [1.807, 2.05) is 36.5 Å². The fourth-order valence-corrected chi connectivity index (χ4v) is 3.67. The summed E-state index contributed by atoms with van der Waals surface area (Å²) in [6, 6.07) is 12.1. The van der Waals surface area contributed by atoms with Crippen LogP contribution in [0.25, 0.3) is 22.6 Å². The van der Waals surface area contributed by atoms with Gasteiger partial charge in [-0.1, -0.05) is 63.9 Å². The highest BCUT2D eigenvalue weighted by Gasteiger charge is 2.15. The minimum atomic E-state index is 0.365. The van der Waals surface area contributed by atoms with Crippen molar-refractivity contribution in [1.29, 1.82) is 0 Å². The molecule has 4 rings (SSSR count). The number of hydrogen-bond donors (Lipinski definition) is 1. The molecule has 0 aliphatic heterocycles. The van der Waals surface area contributed by atoms with Gasteiger partial charge in [0.2, 0.25) is 0 Å². The van der Waals surface area contributed by atoms with Crippen molar-refractivity contribution in [3.63, 3.8) is 0 Å². The van der Waals surface area contributed by atoms with Gasteiger partial charge in [0.1, 0.15) is 5.82 Å². The van der Waals surface area contributed by atoms with Crippen LogP contribution in [0.1, 0.15) is 69.6 Å². The first-order valence-electron chi connectivity index (χ1n) is 11.4. The van der Waals surface area contributed by atoms with Crippen molar-refractivity contribution in [3.05, 3.63) is 59.8 Å². The zero-order valence-electron chi connectivity index (χ0n) is 19.0. The first-order chi connectivity index (χ1) is 15.7. The molecule has 0 fully saturated rings. The standard InChI is InChI=1S/C24H30N8/c1-4-6-7-12-22-26-23(17(3)5-2)29-32(22)16-18-13-14-21(25-15-18)19-10-8-9-11-20(19)24-27-30-31-28-24/h8-11,13-15,17H,4-7,12,16H2,1-3H3,(H,27,28,30,31). The van der Waals surface area contributed by atoms with Gasteiger partial charge in [-0.05, 0) is 34.9 Å². The molecule has 1 N–H and O–H groups in total.